The van der Waals surface area contributed by atoms with Crippen LogP contribution in [0.3, 0.4) is 0 Å². The van der Waals surface area contributed by atoms with Gasteiger partial charge in [0.05, 0.1) is 44.6 Å². The maximum Gasteiger partial charge on any atom is 0.0764 e. The Hall–Kier alpha value is 0.320. The predicted molar refractivity (Wildman–Crippen MR) is 55.7 cm³/mol. The minimum atomic E-state index is -0.295. The van der Waals surface area contributed by atoms with E-state index in [1.54, 1.807) is 0 Å². The quantitative estimate of drug-likeness (QED) is 0.721. The van der Waals surface area contributed by atoms with E-state index in [2.05, 4.69) is 20.8 Å². The lowest BCUT2D eigenvalue weighted by molar-refractivity contribution is -0.144. The van der Waals surface area contributed by atoms with Gasteiger partial charge in [-0.05, 0) is 0 Å². The molecule has 1 unspecified atom stereocenters. The van der Waals surface area contributed by atoms with Crippen LogP contribution >= 0.6 is 15.9 Å². The zero-order valence-electron chi connectivity index (χ0n) is 8.06. The van der Waals surface area contributed by atoms with Crippen molar-refractivity contribution in [3.8, 4) is 0 Å². The second-order valence-corrected chi connectivity index (χ2v) is 4.53. The largest absolute Gasteiger partial charge is 0.391 e. The molecule has 0 radical (unpaired) electrons. The van der Waals surface area contributed by atoms with Crippen molar-refractivity contribution in [2.45, 2.75) is 18.2 Å². The monoisotopic (exact) mass is 265 g/mol. The molecule has 4 nitrogen and oxygen atoms in total. The summed E-state index contributed by atoms with van der Waals surface area (Å²) in [5, 5.41) is 10.2. The highest BCUT2D eigenvalue weighted by molar-refractivity contribution is 9.09. The summed E-state index contributed by atoms with van der Waals surface area (Å²) in [4.78, 5) is 2.32. The summed E-state index contributed by atoms with van der Waals surface area (Å²) in [6.45, 7) is 3.63. The van der Waals surface area contributed by atoms with Crippen LogP contribution in [0.15, 0.2) is 0 Å². The number of aliphatic hydroxyl groups excluding tert-OH is 1. The zero-order chi connectivity index (χ0) is 9.97. The molecule has 0 aliphatic carbocycles. The molecule has 2 fully saturated rings. The highest BCUT2D eigenvalue weighted by Gasteiger charge is 2.35. The molecule has 0 spiro atoms. The zero-order valence-corrected chi connectivity index (χ0v) is 9.65. The van der Waals surface area contributed by atoms with Crippen molar-refractivity contribution in [2.24, 2.45) is 0 Å². The van der Waals surface area contributed by atoms with Crippen LogP contribution in [-0.4, -0.2) is 66.5 Å². The Morgan fingerprint density at radius 3 is 2.14 bits per heavy atom. The summed E-state index contributed by atoms with van der Waals surface area (Å²) in [5.41, 5.74) is 0. The molecule has 2 aliphatic heterocycles. The first kappa shape index (κ1) is 10.8. The second-order valence-electron chi connectivity index (χ2n) is 3.89. The molecule has 5 heteroatoms. The van der Waals surface area contributed by atoms with Crippen LogP contribution in [0.25, 0.3) is 0 Å². The van der Waals surface area contributed by atoms with E-state index in [0.29, 0.717) is 24.0 Å². The summed E-state index contributed by atoms with van der Waals surface area (Å²) >= 11 is 3.28. The minimum absolute atomic E-state index is 0.295. The molecule has 2 aliphatic rings. The SMILES string of the molecule is OC(CBr)CN1C2COCC1COC2. The van der Waals surface area contributed by atoms with Crippen LogP contribution in [0.4, 0.5) is 0 Å². The number of aliphatic hydroxyl groups is 1. The van der Waals surface area contributed by atoms with Crippen molar-refractivity contribution < 1.29 is 14.6 Å². The van der Waals surface area contributed by atoms with Crippen molar-refractivity contribution >= 4 is 15.9 Å². The van der Waals surface area contributed by atoms with Crippen LogP contribution in [0.2, 0.25) is 0 Å². The van der Waals surface area contributed by atoms with Crippen molar-refractivity contribution in [2.75, 3.05) is 38.3 Å². The van der Waals surface area contributed by atoms with E-state index in [4.69, 9.17) is 9.47 Å². The smallest absolute Gasteiger partial charge is 0.0764 e. The van der Waals surface area contributed by atoms with Gasteiger partial charge in [0.15, 0.2) is 0 Å². The van der Waals surface area contributed by atoms with Crippen LogP contribution in [0.1, 0.15) is 0 Å². The lowest BCUT2D eigenvalue weighted by Gasteiger charge is -2.45. The number of hydrogen-bond acceptors (Lipinski definition) is 4. The van der Waals surface area contributed by atoms with Gasteiger partial charge < -0.3 is 14.6 Å². The molecule has 0 amide bonds. The van der Waals surface area contributed by atoms with Gasteiger partial charge in [-0.15, -0.1) is 0 Å². The van der Waals surface area contributed by atoms with Gasteiger partial charge in [-0.3, -0.25) is 4.90 Å². The van der Waals surface area contributed by atoms with E-state index in [-0.39, 0.29) is 6.10 Å². The third kappa shape index (κ3) is 2.28. The predicted octanol–water partition coefficient (Wildman–Crippen LogP) is -0.158. The van der Waals surface area contributed by atoms with Gasteiger partial charge in [0.25, 0.3) is 0 Å². The fourth-order valence-corrected chi connectivity index (χ4v) is 2.25. The number of ether oxygens (including phenoxy) is 2. The molecule has 2 bridgehead atoms. The molecule has 0 saturated carbocycles. The molecule has 82 valence electrons. The number of fused-ring (bicyclic) bond motifs is 2. The molecule has 14 heavy (non-hydrogen) atoms. The van der Waals surface area contributed by atoms with E-state index in [1.165, 1.54) is 0 Å². The summed E-state index contributed by atoms with van der Waals surface area (Å²) in [5.74, 6) is 0. The molecule has 1 N–H and O–H groups in total. The molecular formula is C9H16BrNO3. The summed E-state index contributed by atoms with van der Waals surface area (Å²) < 4.78 is 10.9. The van der Waals surface area contributed by atoms with E-state index in [1.807, 2.05) is 0 Å². The first-order valence-electron chi connectivity index (χ1n) is 4.96. The van der Waals surface area contributed by atoms with Gasteiger partial charge in [-0.1, -0.05) is 15.9 Å². The molecule has 2 saturated heterocycles. The number of hydrogen-bond donors (Lipinski definition) is 1. The highest BCUT2D eigenvalue weighted by atomic mass is 79.9. The van der Waals surface area contributed by atoms with Crippen molar-refractivity contribution in [3.63, 3.8) is 0 Å². The second kappa shape index (κ2) is 4.90. The topological polar surface area (TPSA) is 41.9 Å². The average molecular weight is 266 g/mol. The van der Waals surface area contributed by atoms with Gasteiger partial charge >= 0.3 is 0 Å². The molecule has 0 aromatic rings. The van der Waals surface area contributed by atoms with Gasteiger partial charge in [0, 0.05) is 11.9 Å². The highest BCUT2D eigenvalue weighted by Crippen LogP contribution is 2.19. The Balaban J connectivity index is 1.94. The fraction of sp³-hybridized carbons (Fsp3) is 1.00. The van der Waals surface area contributed by atoms with E-state index in [9.17, 15) is 5.11 Å². The number of rotatable bonds is 3. The standard InChI is InChI=1S/C9H16BrNO3/c10-1-9(12)2-11-7-3-13-5-8(11)6-14-4-7/h7-9,12H,1-6H2. The number of halogens is 1. The van der Waals surface area contributed by atoms with Crippen molar-refractivity contribution in [1.29, 1.82) is 0 Å². The van der Waals surface area contributed by atoms with Crippen molar-refractivity contribution in [1.82, 2.24) is 4.90 Å². The number of alkyl halides is 1. The molecule has 2 heterocycles. The molecule has 0 aromatic carbocycles. The normalized spacial score (nSPS) is 35.6. The van der Waals surface area contributed by atoms with Gasteiger partial charge in [0.1, 0.15) is 0 Å². The van der Waals surface area contributed by atoms with Crippen LogP contribution < -0.4 is 0 Å². The lowest BCUT2D eigenvalue weighted by atomic mass is 10.1. The first-order valence-corrected chi connectivity index (χ1v) is 6.08. The van der Waals surface area contributed by atoms with Crippen LogP contribution in [0.5, 0.6) is 0 Å². The third-order valence-electron chi connectivity index (χ3n) is 2.78. The van der Waals surface area contributed by atoms with Gasteiger partial charge in [0.2, 0.25) is 0 Å². The first-order chi connectivity index (χ1) is 6.81. The molecule has 1 atom stereocenters. The van der Waals surface area contributed by atoms with E-state index in [0.717, 1.165) is 26.4 Å². The Morgan fingerprint density at radius 1 is 1.21 bits per heavy atom. The van der Waals surface area contributed by atoms with Crippen molar-refractivity contribution in [3.05, 3.63) is 0 Å². The summed E-state index contributed by atoms with van der Waals surface area (Å²) in [6.07, 6.45) is -0.295. The van der Waals surface area contributed by atoms with E-state index >= 15 is 0 Å². The van der Waals surface area contributed by atoms with Gasteiger partial charge in [-0.2, -0.15) is 0 Å². The Kier molecular flexibility index (Phi) is 3.79. The Bertz CT molecular complexity index is 171. The number of nitrogens with zero attached hydrogens (tertiary/aromatic N) is 1. The maximum absolute atomic E-state index is 9.60. The maximum atomic E-state index is 9.60. The minimum Gasteiger partial charge on any atom is -0.391 e. The summed E-state index contributed by atoms with van der Waals surface area (Å²) in [6, 6.07) is 0.660. The number of morpholine rings is 2. The van der Waals surface area contributed by atoms with Crippen LogP contribution in [0, 0.1) is 0 Å². The Morgan fingerprint density at radius 2 is 1.71 bits per heavy atom. The average Bonchev–Trinajstić information content (AvgIpc) is 2.17. The summed E-state index contributed by atoms with van der Waals surface area (Å²) in [7, 11) is 0. The molecular weight excluding hydrogens is 250 g/mol. The van der Waals surface area contributed by atoms with E-state index < -0.39 is 0 Å². The lowest BCUT2D eigenvalue weighted by Crippen LogP contribution is -2.61. The molecule has 0 aromatic heterocycles. The van der Waals surface area contributed by atoms with Crippen LogP contribution in [-0.2, 0) is 9.47 Å². The third-order valence-corrected chi connectivity index (χ3v) is 3.53. The Labute approximate surface area is 92.3 Å². The van der Waals surface area contributed by atoms with Gasteiger partial charge in [-0.25, -0.2) is 0 Å². The fourth-order valence-electron chi connectivity index (χ4n) is 2.05. The molecule has 2 rings (SSSR count).